The lowest BCUT2D eigenvalue weighted by molar-refractivity contribution is -0.114. The first-order chi connectivity index (χ1) is 16.5. The molecule has 0 bridgehead atoms. The van der Waals surface area contributed by atoms with Gasteiger partial charge in [-0.2, -0.15) is 4.99 Å². The molecule has 1 N–H and O–H groups in total. The summed E-state index contributed by atoms with van der Waals surface area (Å²) in [5, 5.41) is 10.9. The Morgan fingerprint density at radius 2 is 1.88 bits per heavy atom. The first-order valence-electron chi connectivity index (χ1n) is 10.3. The standard InChI is InChI=1S/C24H21N3O6S/c1-13-11-34-24-26-23(28)16(22(25)27(13)24)6-15-8-19(29-2)21(20(9-15)30-3)31-10-14-4-5-17-18(7-14)33-12-32-17/h4-9,11,25H,10,12H2,1-3H3/b16-6+,25-22?. The Balaban J connectivity index is 1.43. The van der Waals surface area contributed by atoms with Gasteiger partial charge in [0, 0.05) is 5.70 Å². The fourth-order valence-electron chi connectivity index (χ4n) is 3.72. The maximum absolute atomic E-state index is 12.6. The lowest BCUT2D eigenvalue weighted by atomic mass is 10.1. The number of nitrogens with one attached hydrogen (secondary N) is 1. The highest BCUT2D eigenvalue weighted by Gasteiger charge is 2.34. The van der Waals surface area contributed by atoms with E-state index >= 15 is 0 Å². The van der Waals surface area contributed by atoms with E-state index in [4.69, 9.17) is 29.1 Å². The number of carbonyl (C=O) groups is 1. The molecule has 34 heavy (non-hydrogen) atoms. The number of ether oxygens (including phenoxy) is 5. The largest absolute Gasteiger partial charge is 0.493 e. The molecule has 0 atom stereocenters. The molecule has 3 aliphatic heterocycles. The van der Waals surface area contributed by atoms with Crippen molar-refractivity contribution in [1.29, 1.82) is 5.41 Å². The molecular weight excluding hydrogens is 458 g/mol. The van der Waals surface area contributed by atoms with Crippen LogP contribution in [0.5, 0.6) is 28.7 Å². The van der Waals surface area contributed by atoms with Crippen molar-refractivity contribution < 1.29 is 28.5 Å². The minimum Gasteiger partial charge on any atom is -0.493 e. The predicted molar refractivity (Wildman–Crippen MR) is 128 cm³/mol. The maximum atomic E-state index is 12.6. The van der Waals surface area contributed by atoms with E-state index in [1.165, 1.54) is 26.0 Å². The zero-order valence-corrected chi connectivity index (χ0v) is 19.5. The molecule has 5 rings (SSSR count). The summed E-state index contributed by atoms with van der Waals surface area (Å²) in [6, 6.07) is 9.05. The number of hydrogen-bond donors (Lipinski definition) is 1. The van der Waals surface area contributed by atoms with Crippen LogP contribution in [0.2, 0.25) is 0 Å². The Bertz CT molecular complexity index is 1270. The molecule has 2 aromatic rings. The average molecular weight is 480 g/mol. The summed E-state index contributed by atoms with van der Waals surface area (Å²) in [6.45, 7) is 2.33. The second kappa shape index (κ2) is 8.79. The maximum Gasteiger partial charge on any atom is 0.283 e. The Hall–Kier alpha value is -3.92. The molecule has 3 heterocycles. The second-order valence-corrected chi connectivity index (χ2v) is 8.39. The number of thioether (sulfide) groups is 1. The van der Waals surface area contributed by atoms with Crippen LogP contribution in [0.3, 0.4) is 0 Å². The Kier molecular flexibility index (Phi) is 5.66. The molecule has 0 fully saturated rings. The fraction of sp³-hybridized carbons (Fsp3) is 0.208. The van der Waals surface area contributed by atoms with E-state index in [9.17, 15) is 4.79 Å². The molecule has 174 valence electrons. The van der Waals surface area contributed by atoms with E-state index in [2.05, 4.69) is 4.99 Å². The Labute approximate surface area is 200 Å². The molecule has 0 saturated carbocycles. The van der Waals surface area contributed by atoms with Crippen molar-refractivity contribution in [3.05, 3.63) is 58.1 Å². The quantitative estimate of drug-likeness (QED) is 0.616. The zero-order valence-electron chi connectivity index (χ0n) is 18.7. The monoisotopic (exact) mass is 479 g/mol. The lowest BCUT2D eigenvalue weighted by Gasteiger charge is -2.25. The summed E-state index contributed by atoms with van der Waals surface area (Å²) in [7, 11) is 3.05. The lowest BCUT2D eigenvalue weighted by Crippen LogP contribution is -2.37. The van der Waals surface area contributed by atoms with Gasteiger partial charge in [-0.3, -0.25) is 15.1 Å². The van der Waals surface area contributed by atoms with Crippen LogP contribution in [0.1, 0.15) is 18.1 Å². The van der Waals surface area contributed by atoms with Crippen molar-refractivity contribution in [2.75, 3.05) is 21.0 Å². The summed E-state index contributed by atoms with van der Waals surface area (Å²) in [5.41, 5.74) is 2.53. The number of benzene rings is 2. The van der Waals surface area contributed by atoms with E-state index in [1.54, 1.807) is 23.1 Å². The van der Waals surface area contributed by atoms with Gasteiger partial charge in [-0.1, -0.05) is 17.8 Å². The minimum atomic E-state index is -0.465. The van der Waals surface area contributed by atoms with Crippen molar-refractivity contribution >= 4 is 34.7 Å². The van der Waals surface area contributed by atoms with E-state index in [0.717, 1.165) is 11.3 Å². The minimum absolute atomic E-state index is 0.0785. The molecular formula is C24H21N3O6S. The van der Waals surface area contributed by atoms with Crippen molar-refractivity contribution in [1.82, 2.24) is 4.90 Å². The van der Waals surface area contributed by atoms with Crippen LogP contribution >= 0.6 is 11.8 Å². The fourth-order valence-corrected chi connectivity index (χ4v) is 4.58. The van der Waals surface area contributed by atoms with Gasteiger partial charge in [0.05, 0.1) is 19.8 Å². The number of methoxy groups -OCH3 is 2. The summed E-state index contributed by atoms with van der Waals surface area (Å²) in [6.07, 6.45) is 1.61. The first-order valence-corrected chi connectivity index (χ1v) is 11.2. The van der Waals surface area contributed by atoms with Crippen LogP contribution in [0.25, 0.3) is 6.08 Å². The van der Waals surface area contributed by atoms with Crippen molar-refractivity contribution in [2.45, 2.75) is 13.5 Å². The number of fused-ring (bicyclic) bond motifs is 2. The second-order valence-electron chi connectivity index (χ2n) is 7.55. The normalized spacial score (nSPS) is 17.5. The molecule has 10 heteroatoms. The van der Waals surface area contributed by atoms with Crippen LogP contribution in [-0.4, -0.2) is 42.8 Å². The summed E-state index contributed by atoms with van der Waals surface area (Å²) < 4.78 is 27.9. The summed E-state index contributed by atoms with van der Waals surface area (Å²) in [4.78, 5) is 18.4. The third kappa shape index (κ3) is 3.86. The van der Waals surface area contributed by atoms with Crippen LogP contribution in [0.4, 0.5) is 0 Å². The van der Waals surface area contributed by atoms with E-state index in [0.29, 0.717) is 39.5 Å². The first kappa shape index (κ1) is 21.9. The summed E-state index contributed by atoms with van der Waals surface area (Å²) in [5.74, 6) is 2.27. The average Bonchev–Trinajstić information content (AvgIpc) is 3.46. The highest BCUT2D eigenvalue weighted by atomic mass is 32.2. The number of hydrogen-bond acceptors (Lipinski definition) is 8. The topological polar surface area (TPSA) is 103 Å². The molecule has 0 radical (unpaired) electrons. The molecule has 0 spiro atoms. The van der Waals surface area contributed by atoms with Gasteiger partial charge < -0.3 is 23.7 Å². The third-order valence-electron chi connectivity index (χ3n) is 5.40. The number of amidine groups is 2. The van der Waals surface area contributed by atoms with E-state index in [-0.39, 0.29) is 24.8 Å². The molecule has 0 aliphatic carbocycles. The third-order valence-corrected chi connectivity index (χ3v) is 6.34. The van der Waals surface area contributed by atoms with Crippen molar-refractivity contribution in [3.63, 3.8) is 0 Å². The van der Waals surface area contributed by atoms with Gasteiger partial charge in [0.25, 0.3) is 5.91 Å². The number of aliphatic imine (C=N–C) groups is 1. The molecule has 3 aliphatic rings. The van der Waals surface area contributed by atoms with Gasteiger partial charge in [-0.05, 0) is 53.8 Å². The molecule has 2 aromatic carbocycles. The van der Waals surface area contributed by atoms with Crippen LogP contribution in [-0.2, 0) is 11.4 Å². The molecule has 0 saturated heterocycles. The van der Waals surface area contributed by atoms with Gasteiger partial charge in [0.2, 0.25) is 12.5 Å². The van der Waals surface area contributed by atoms with Gasteiger partial charge in [-0.25, -0.2) is 0 Å². The van der Waals surface area contributed by atoms with Crippen LogP contribution in [0, 0.1) is 5.41 Å². The number of allylic oxidation sites excluding steroid dienone is 1. The number of rotatable bonds is 6. The van der Waals surface area contributed by atoms with Gasteiger partial charge >= 0.3 is 0 Å². The molecule has 0 aromatic heterocycles. The van der Waals surface area contributed by atoms with Gasteiger partial charge in [0.1, 0.15) is 12.4 Å². The molecule has 9 nitrogen and oxygen atoms in total. The SMILES string of the molecule is COc1cc(/C=C2\C(=N)N3C(C)=CSC3=NC2=O)cc(OC)c1OCc1ccc2c(c1)OCO2. The Morgan fingerprint density at radius 1 is 1.15 bits per heavy atom. The number of amides is 1. The Morgan fingerprint density at radius 3 is 2.62 bits per heavy atom. The zero-order chi connectivity index (χ0) is 23.8. The molecule has 1 amide bonds. The number of carbonyl (C=O) groups excluding carboxylic acids is 1. The van der Waals surface area contributed by atoms with E-state index < -0.39 is 5.91 Å². The molecule has 0 unspecified atom stereocenters. The van der Waals surface area contributed by atoms with Crippen molar-refractivity contribution in [2.24, 2.45) is 4.99 Å². The highest BCUT2D eigenvalue weighted by Crippen LogP contribution is 2.41. The van der Waals surface area contributed by atoms with Crippen LogP contribution in [0.15, 0.2) is 52.0 Å². The highest BCUT2D eigenvalue weighted by molar-refractivity contribution is 8.16. The predicted octanol–water partition coefficient (Wildman–Crippen LogP) is 4.18. The summed E-state index contributed by atoms with van der Waals surface area (Å²) >= 11 is 1.33. The number of nitrogens with zero attached hydrogens (tertiary/aromatic N) is 2. The van der Waals surface area contributed by atoms with Crippen molar-refractivity contribution in [3.8, 4) is 28.7 Å². The van der Waals surface area contributed by atoms with E-state index in [1.807, 2.05) is 30.5 Å². The van der Waals surface area contributed by atoms with Gasteiger partial charge in [-0.15, -0.1) is 0 Å². The van der Waals surface area contributed by atoms with Crippen LogP contribution < -0.4 is 23.7 Å². The smallest absolute Gasteiger partial charge is 0.283 e. The van der Waals surface area contributed by atoms with Gasteiger partial charge in [0.15, 0.2) is 28.2 Å².